The summed E-state index contributed by atoms with van der Waals surface area (Å²) in [6.45, 7) is 5.10. The average molecular weight is 265 g/mol. The number of ether oxygens (including phenoxy) is 2. The summed E-state index contributed by atoms with van der Waals surface area (Å²) in [6.07, 6.45) is 1.70. The summed E-state index contributed by atoms with van der Waals surface area (Å²) in [6, 6.07) is 1.50. The Balaban J connectivity index is 2.27. The van der Waals surface area contributed by atoms with Gasteiger partial charge in [-0.25, -0.2) is 9.78 Å². The predicted octanol–water partition coefficient (Wildman–Crippen LogP) is 1.33. The van der Waals surface area contributed by atoms with Crippen LogP contribution in [0.2, 0.25) is 0 Å². The summed E-state index contributed by atoms with van der Waals surface area (Å²) in [7, 11) is 1.40. The molecule has 0 aliphatic carbocycles. The van der Waals surface area contributed by atoms with Crippen molar-refractivity contribution in [2.45, 2.75) is 32.7 Å². The number of carbonyl (C=O) groups is 1. The van der Waals surface area contributed by atoms with E-state index in [2.05, 4.69) is 9.97 Å². The first-order valence-corrected chi connectivity index (χ1v) is 6.48. The van der Waals surface area contributed by atoms with Gasteiger partial charge in [0, 0.05) is 18.3 Å². The van der Waals surface area contributed by atoms with E-state index in [0.717, 1.165) is 25.1 Å². The molecular weight excluding hydrogens is 246 g/mol. The molecule has 0 amide bonds. The van der Waals surface area contributed by atoms with Crippen molar-refractivity contribution in [3.63, 3.8) is 0 Å². The number of nitrogens with zero attached hydrogens (tertiary/aromatic N) is 3. The number of carbonyl (C=O) groups excluding carboxylic acids is 1. The highest BCUT2D eigenvalue weighted by atomic mass is 16.5. The van der Waals surface area contributed by atoms with Gasteiger partial charge in [0.2, 0.25) is 11.8 Å². The molecule has 2 rings (SSSR count). The van der Waals surface area contributed by atoms with Crippen LogP contribution in [0.3, 0.4) is 0 Å². The van der Waals surface area contributed by atoms with E-state index in [1.807, 2.05) is 18.7 Å². The summed E-state index contributed by atoms with van der Waals surface area (Å²) in [4.78, 5) is 22.4. The Bertz CT molecular complexity index is 464. The minimum atomic E-state index is -0.290. The third kappa shape index (κ3) is 2.94. The topological polar surface area (TPSA) is 64.5 Å². The summed E-state index contributed by atoms with van der Waals surface area (Å²) in [5.41, 5.74) is 0.823. The van der Waals surface area contributed by atoms with Gasteiger partial charge in [-0.2, -0.15) is 4.98 Å². The SMILES string of the molecule is CCOc1cc(C)nc(N2CCCC2C(=O)OC)n1. The molecule has 6 nitrogen and oxygen atoms in total. The maximum atomic E-state index is 11.7. The summed E-state index contributed by atoms with van der Waals surface area (Å²) >= 11 is 0. The Kier molecular flexibility index (Phi) is 4.19. The summed E-state index contributed by atoms with van der Waals surface area (Å²) < 4.78 is 10.2. The van der Waals surface area contributed by atoms with Crippen molar-refractivity contribution in [3.05, 3.63) is 11.8 Å². The molecule has 2 heterocycles. The van der Waals surface area contributed by atoms with Crippen LogP contribution in [0.1, 0.15) is 25.5 Å². The molecule has 1 atom stereocenters. The quantitative estimate of drug-likeness (QED) is 0.765. The molecule has 0 radical (unpaired) electrons. The van der Waals surface area contributed by atoms with Gasteiger partial charge in [0.15, 0.2) is 0 Å². The number of aryl methyl sites for hydroxylation is 1. The molecule has 1 unspecified atom stereocenters. The molecule has 0 spiro atoms. The van der Waals surface area contributed by atoms with E-state index in [4.69, 9.17) is 9.47 Å². The van der Waals surface area contributed by atoms with Gasteiger partial charge in [-0.05, 0) is 26.7 Å². The number of hydrogen-bond acceptors (Lipinski definition) is 6. The Labute approximate surface area is 112 Å². The maximum Gasteiger partial charge on any atom is 0.328 e. The van der Waals surface area contributed by atoms with Crippen LogP contribution < -0.4 is 9.64 Å². The van der Waals surface area contributed by atoms with E-state index in [9.17, 15) is 4.79 Å². The monoisotopic (exact) mass is 265 g/mol. The van der Waals surface area contributed by atoms with Crippen LogP contribution in [0.4, 0.5) is 5.95 Å². The summed E-state index contributed by atoms with van der Waals surface area (Å²) in [5, 5.41) is 0. The minimum absolute atomic E-state index is 0.236. The molecular formula is C13H19N3O3. The Morgan fingerprint density at radius 1 is 1.53 bits per heavy atom. The fourth-order valence-electron chi connectivity index (χ4n) is 2.26. The van der Waals surface area contributed by atoms with E-state index in [0.29, 0.717) is 18.4 Å². The van der Waals surface area contributed by atoms with Crippen molar-refractivity contribution in [2.75, 3.05) is 25.2 Å². The molecule has 0 aromatic carbocycles. The molecule has 1 fully saturated rings. The van der Waals surface area contributed by atoms with Crippen molar-refractivity contribution in [3.8, 4) is 5.88 Å². The van der Waals surface area contributed by atoms with Crippen LogP contribution in [-0.2, 0) is 9.53 Å². The molecule has 6 heteroatoms. The van der Waals surface area contributed by atoms with E-state index in [-0.39, 0.29) is 12.0 Å². The number of methoxy groups -OCH3 is 1. The molecule has 104 valence electrons. The number of anilines is 1. The van der Waals surface area contributed by atoms with Gasteiger partial charge in [0.05, 0.1) is 13.7 Å². The Hall–Kier alpha value is -1.85. The first kappa shape index (κ1) is 13.6. The molecule has 0 N–H and O–H groups in total. The molecule has 1 aliphatic heterocycles. The molecule has 0 bridgehead atoms. The number of esters is 1. The van der Waals surface area contributed by atoms with Gasteiger partial charge in [-0.15, -0.1) is 0 Å². The second-order valence-electron chi connectivity index (χ2n) is 4.46. The lowest BCUT2D eigenvalue weighted by Gasteiger charge is -2.23. The smallest absolute Gasteiger partial charge is 0.328 e. The van der Waals surface area contributed by atoms with Gasteiger partial charge < -0.3 is 14.4 Å². The number of hydrogen-bond donors (Lipinski definition) is 0. The maximum absolute atomic E-state index is 11.7. The second-order valence-corrected chi connectivity index (χ2v) is 4.46. The molecule has 1 aliphatic rings. The lowest BCUT2D eigenvalue weighted by molar-refractivity contribution is -0.141. The predicted molar refractivity (Wildman–Crippen MR) is 70.3 cm³/mol. The lowest BCUT2D eigenvalue weighted by Crippen LogP contribution is -2.38. The van der Waals surface area contributed by atoms with Gasteiger partial charge in [0.25, 0.3) is 0 Å². The third-order valence-electron chi connectivity index (χ3n) is 3.09. The Morgan fingerprint density at radius 3 is 3.00 bits per heavy atom. The average Bonchev–Trinajstić information content (AvgIpc) is 2.86. The van der Waals surface area contributed by atoms with Crippen molar-refractivity contribution in [1.82, 2.24) is 9.97 Å². The highest BCUT2D eigenvalue weighted by Crippen LogP contribution is 2.25. The molecule has 1 saturated heterocycles. The number of rotatable bonds is 4. The van der Waals surface area contributed by atoms with E-state index in [1.54, 1.807) is 6.07 Å². The van der Waals surface area contributed by atoms with Gasteiger partial charge in [0.1, 0.15) is 6.04 Å². The summed E-state index contributed by atoms with van der Waals surface area (Å²) in [5.74, 6) is 0.845. The first-order valence-electron chi connectivity index (χ1n) is 6.48. The normalized spacial score (nSPS) is 18.5. The molecule has 1 aromatic heterocycles. The van der Waals surface area contributed by atoms with E-state index < -0.39 is 0 Å². The van der Waals surface area contributed by atoms with Crippen LogP contribution in [0.15, 0.2) is 6.07 Å². The highest BCUT2D eigenvalue weighted by Gasteiger charge is 2.33. The van der Waals surface area contributed by atoms with Gasteiger partial charge in [-0.1, -0.05) is 0 Å². The van der Waals surface area contributed by atoms with E-state index >= 15 is 0 Å². The third-order valence-corrected chi connectivity index (χ3v) is 3.09. The largest absolute Gasteiger partial charge is 0.478 e. The zero-order chi connectivity index (χ0) is 13.8. The van der Waals surface area contributed by atoms with Crippen LogP contribution in [0.5, 0.6) is 5.88 Å². The van der Waals surface area contributed by atoms with E-state index in [1.165, 1.54) is 7.11 Å². The molecule has 1 aromatic rings. The number of aromatic nitrogens is 2. The van der Waals surface area contributed by atoms with Crippen LogP contribution in [0.25, 0.3) is 0 Å². The molecule has 19 heavy (non-hydrogen) atoms. The van der Waals surface area contributed by atoms with Gasteiger partial charge in [-0.3, -0.25) is 0 Å². The minimum Gasteiger partial charge on any atom is -0.478 e. The van der Waals surface area contributed by atoms with Crippen LogP contribution in [-0.4, -0.2) is 42.2 Å². The fraction of sp³-hybridized carbons (Fsp3) is 0.615. The standard InChI is InChI=1S/C13H19N3O3/c1-4-19-11-8-9(2)14-13(15-11)16-7-5-6-10(16)12(17)18-3/h8,10H,4-7H2,1-3H3. The Morgan fingerprint density at radius 2 is 2.32 bits per heavy atom. The van der Waals surface area contributed by atoms with Crippen molar-refractivity contribution in [1.29, 1.82) is 0 Å². The zero-order valence-corrected chi connectivity index (χ0v) is 11.5. The van der Waals surface area contributed by atoms with Crippen molar-refractivity contribution >= 4 is 11.9 Å². The second kappa shape index (κ2) is 5.86. The first-order chi connectivity index (χ1) is 9.15. The lowest BCUT2D eigenvalue weighted by atomic mass is 10.2. The fourth-order valence-corrected chi connectivity index (χ4v) is 2.26. The zero-order valence-electron chi connectivity index (χ0n) is 11.5. The van der Waals surface area contributed by atoms with Crippen molar-refractivity contribution < 1.29 is 14.3 Å². The van der Waals surface area contributed by atoms with Crippen LogP contribution in [0, 0.1) is 6.92 Å². The highest BCUT2D eigenvalue weighted by molar-refractivity contribution is 5.79. The van der Waals surface area contributed by atoms with Crippen molar-refractivity contribution in [2.24, 2.45) is 0 Å². The molecule has 0 saturated carbocycles. The van der Waals surface area contributed by atoms with Gasteiger partial charge >= 0.3 is 5.97 Å². The van der Waals surface area contributed by atoms with Crippen LogP contribution >= 0.6 is 0 Å².